The molecule has 0 aliphatic carbocycles. The Kier molecular flexibility index (Phi) is 4.82. The lowest BCUT2D eigenvalue weighted by Gasteiger charge is -2.23. The molecule has 4 nitrogen and oxygen atoms in total. The third-order valence-electron chi connectivity index (χ3n) is 4.13. The molecule has 22 heavy (non-hydrogen) atoms. The number of hydrogen-bond donors (Lipinski definition) is 1. The fourth-order valence-electron chi connectivity index (χ4n) is 2.94. The highest BCUT2D eigenvalue weighted by molar-refractivity contribution is 7.89. The normalized spacial score (nSPS) is 18.6. The molecule has 0 amide bonds. The van der Waals surface area contributed by atoms with Gasteiger partial charge in [-0.05, 0) is 48.1 Å². The van der Waals surface area contributed by atoms with Crippen molar-refractivity contribution in [2.24, 2.45) is 5.92 Å². The Hall–Kier alpha value is -0.950. The molecular weight excluding hydrogens is 318 g/mol. The van der Waals surface area contributed by atoms with E-state index in [0.29, 0.717) is 13.2 Å². The Labute approximate surface area is 135 Å². The van der Waals surface area contributed by atoms with Gasteiger partial charge in [-0.25, -0.2) is 13.1 Å². The minimum atomic E-state index is -3.28. The van der Waals surface area contributed by atoms with Gasteiger partial charge in [0, 0.05) is 24.0 Å². The molecule has 2 heterocycles. The third kappa shape index (κ3) is 3.68. The molecule has 1 atom stereocenters. The van der Waals surface area contributed by atoms with Gasteiger partial charge < -0.3 is 4.74 Å². The second-order valence-electron chi connectivity index (χ2n) is 5.86. The van der Waals surface area contributed by atoms with Gasteiger partial charge in [0.2, 0.25) is 10.0 Å². The molecule has 3 rings (SSSR count). The SMILES string of the molecule is C[C@@H](NS(=O)(=O)CC1CCOCC1)c1csc2ccccc12. The number of ether oxygens (including phenoxy) is 1. The Morgan fingerprint density at radius 2 is 2.05 bits per heavy atom. The zero-order chi connectivity index (χ0) is 15.6. The van der Waals surface area contributed by atoms with Gasteiger partial charge in [-0.15, -0.1) is 11.3 Å². The van der Waals surface area contributed by atoms with Gasteiger partial charge >= 0.3 is 0 Å². The predicted octanol–water partition coefficient (Wildman–Crippen LogP) is 3.31. The molecule has 0 spiro atoms. The number of sulfonamides is 1. The van der Waals surface area contributed by atoms with Crippen LogP contribution in [0.25, 0.3) is 10.1 Å². The van der Waals surface area contributed by atoms with E-state index in [1.807, 2.05) is 30.5 Å². The van der Waals surface area contributed by atoms with E-state index in [4.69, 9.17) is 4.74 Å². The average molecular weight is 339 g/mol. The van der Waals surface area contributed by atoms with Crippen molar-refractivity contribution in [3.05, 3.63) is 35.2 Å². The lowest BCUT2D eigenvalue weighted by molar-refractivity contribution is 0.0723. The maximum absolute atomic E-state index is 12.4. The predicted molar refractivity (Wildman–Crippen MR) is 90.7 cm³/mol. The maximum atomic E-state index is 12.4. The van der Waals surface area contributed by atoms with Crippen molar-refractivity contribution in [3.8, 4) is 0 Å². The Morgan fingerprint density at radius 3 is 2.82 bits per heavy atom. The van der Waals surface area contributed by atoms with Gasteiger partial charge in [-0.2, -0.15) is 0 Å². The minimum Gasteiger partial charge on any atom is -0.381 e. The summed E-state index contributed by atoms with van der Waals surface area (Å²) in [6, 6.07) is 7.89. The summed E-state index contributed by atoms with van der Waals surface area (Å²) in [5.74, 6) is 0.403. The van der Waals surface area contributed by atoms with Crippen molar-refractivity contribution in [1.29, 1.82) is 0 Å². The van der Waals surface area contributed by atoms with Crippen LogP contribution >= 0.6 is 11.3 Å². The van der Waals surface area contributed by atoms with Gasteiger partial charge in [-0.3, -0.25) is 0 Å². The first kappa shape index (κ1) is 15.9. The highest BCUT2D eigenvalue weighted by atomic mass is 32.2. The van der Waals surface area contributed by atoms with E-state index < -0.39 is 10.0 Å². The monoisotopic (exact) mass is 339 g/mol. The van der Waals surface area contributed by atoms with Gasteiger partial charge in [0.05, 0.1) is 5.75 Å². The molecule has 1 aromatic carbocycles. The molecule has 1 saturated heterocycles. The van der Waals surface area contributed by atoms with Crippen LogP contribution in [0.2, 0.25) is 0 Å². The summed E-state index contributed by atoms with van der Waals surface area (Å²) < 4.78 is 34.1. The number of thiophene rings is 1. The molecule has 0 bridgehead atoms. The highest BCUT2D eigenvalue weighted by Crippen LogP contribution is 2.30. The molecule has 2 aromatic rings. The van der Waals surface area contributed by atoms with Crippen LogP contribution in [0.5, 0.6) is 0 Å². The van der Waals surface area contributed by atoms with Crippen molar-refractivity contribution in [2.75, 3.05) is 19.0 Å². The van der Waals surface area contributed by atoms with Crippen LogP contribution in [0.3, 0.4) is 0 Å². The van der Waals surface area contributed by atoms with E-state index in [1.54, 1.807) is 11.3 Å². The topological polar surface area (TPSA) is 55.4 Å². The van der Waals surface area contributed by atoms with Crippen LogP contribution in [-0.4, -0.2) is 27.4 Å². The van der Waals surface area contributed by atoms with E-state index in [0.717, 1.165) is 23.8 Å². The van der Waals surface area contributed by atoms with Crippen LogP contribution in [0.1, 0.15) is 31.4 Å². The van der Waals surface area contributed by atoms with Gasteiger partial charge in [-0.1, -0.05) is 18.2 Å². The Bertz CT molecular complexity index is 733. The fraction of sp³-hybridized carbons (Fsp3) is 0.500. The Morgan fingerprint density at radius 1 is 1.32 bits per heavy atom. The van der Waals surface area contributed by atoms with E-state index in [1.165, 1.54) is 4.70 Å². The number of rotatable bonds is 5. The van der Waals surface area contributed by atoms with Crippen molar-refractivity contribution < 1.29 is 13.2 Å². The quantitative estimate of drug-likeness (QED) is 0.909. The molecule has 1 aromatic heterocycles. The number of hydrogen-bond acceptors (Lipinski definition) is 4. The van der Waals surface area contributed by atoms with Crippen molar-refractivity contribution in [3.63, 3.8) is 0 Å². The van der Waals surface area contributed by atoms with E-state index in [2.05, 4.69) is 10.8 Å². The molecule has 1 aliphatic rings. The van der Waals surface area contributed by atoms with Crippen LogP contribution in [-0.2, 0) is 14.8 Å². The van der Waals surface area contributed by atoms with Crippen molar-refractivity contribution in [2.45, 2.75) is 25.8 Å². The first-order chi connectivity index (χ1) is 10.6. The number of nitrogens with one attached hydrogen (secondary N) is 1. The maximum Gasteiger partial charge on any atom is 0.212 e. The van der Waals surface area contributed by atoms with Crippen LogP contribution < -0.4 is 4.72 Å². The first-order valence-corrected chi connectivity index (χ1v) is 10.1. The number of fused-ring (bicyclic) bond motifs is 1. The standard InChI is InChI=1S/C16H21NO3S2/c1-12(15-10-21-16-5-3-2-4-14(15)16)17-22(18,19)11-13-6-8-20-9-7-13/h2-5,10,12-13,17H,6-9,11H2,1H3/t12-/m1/s1. The first-order valence-electron chi connectivity index (χ1n) is 7.59. The molecule has 6 heteroatoms. The third-order valence-corrected chi connectivity index (χ3v) is 6.73. The van der Waals surface area contributed by atoms with Crippen molar-refractivity contribution in [1.82, 2.24) is 4.72 Å². The minimum absolute atomic E-state index is 0.197. The summed E-state index contributed by atoms with van der Waals surface area (Å²) in [7, 11) is -3.28. The zero-order valence-corrected chi connectivity index (χ0v) is 14.3. The highest BCUT2D eigenvalue weighted by Gasteiger charge is 2.24. The summed E-state index contributed by atoms with van der Waals surface area (Å²) in [6.07, 6.45) is 1.66. The lowest BCUT2D eigenvalue weighted by Crippen LogP contribution is -2.33. The molecule has 0 radical (unpaired) electrons. The molecule has 1 fully saturated rings. The molecule has 120 valence electrons. The summed E-state index contributed by atoms with van der Waals surface area (Å²) in [4.78, 5) is 0. The molecule has 0 unspecified atom stereocenters. The molecular formula is C16H21NO3S2. The van der Waals surface area contributed by atoms with E-state index >= 15 is 0 Å². The van der Waals surface area contributed by atoms with E-state index in [9.17, 15) is 8.42 Å². The summed E-state index contributed by atoms with van der Waals surface area (Å²) in [5, 5.41) is 3.18. The number of benzene rings is 1. The largest absolute Gasteiger partial charge is 0.381 e. The second-order valence-corrected chi connectivity index (χ2v) is 8.57. The lowest BCUT2D eigenvalue weighted by atomic mass is 10.0. The fourth-order valence-corrected chi connectivity index (χ4v) is 5.71. The van der Waals surface area contributed by atoms with Crippen LogP contribution in [0.15, 0.2) is 29.6 Å². The summed E-state index contributed by atoms with van der Waals surface area (Å²) in [6.45, 7) is 3.26. The zero-order valence-electron chi connectivity index (χ0n) is 12.6. The van der Waals surface area contributed by atoms with Gasteiger partial charge in [0.25, 0.3) is 0 Å². The second kappa shape index (κ2) is 6.66. The summed E-state index contributed by atoms with van der Waals surface area (Å²) in [5.41, 5.74) is 1.05. The molecule has 1 aliphatic heterocycles. The smallest absolute Gasteiger partial charge is 0.212 e. The van der Waals surface area contributed by atoms with Crippen LogP contribution in [0, 0.1) is 5.92 Å². The van der Waals surface area contributed by atoms with Gasteiger partial charge in [0.15, 0.2) is 0 Å². The van der Waals surface area contributed by atoms with E-state index in [-0.39, 0.29) is 17.7 Å². The molecule has 0 saturated carbocycles. The van der Waals surface area contributed by atoms with Gasteiger partial charge in [0.1, 0.15) is 0 Å². The Balaban J connectivity index is 1.71. The molecule has 1 N–H and O–H groups in total. The average Bonchev–Trinajstić information content (AvgIpc) is 2.91. The van der Waals surface area contributed by atoms with Crippen LogP contribution in [0.4, 0.5) is 0 Å². The van der Waals surface area contributed by atoms with Crippen molar-refractivity contribution >= 4 is 31.4 Å². The summed E-state index contributed by atoms with van der Waals surface area (Å²) >= 11 is 1.65.